The smallest absolute Gasteiger partial charge is 0.251 e. The van der Waals surface area contributed by atoms with Crippen LogP contribution in [0.5, 0.6) is 11.6 Å². The highest BCUT2D eigenvalue weighted by Gasteiger charge is 2.35. The van der Waals surface area contributed by atoms with Crippen LogP contribution in [0, 0.1) is 5.82 Å². The molecule has 9 nitrogen and oxygen atoms in total. The van der Waals surface area contributed by atoms with Crippen molar-refractivity contribution in [2.45, 2.75) is 36.5 Å². The van der Waals surface area contributed by atoms with E-state index >= 15 is 0 Å². The molecule has 1 amide bonds. The zero-order valence-corrected chi connectivity index (χ0v) is 22.9. The summed E-state index contributed by atoms with van der Waals surface area (Å²) in [5.74, 6) is -2.44. The highest BCUT2D eigenvalue weighted by atomic mass is 32.2. The van der Waals surface area contributed by atoms with Crippen molar-refractivity contribution < 1.29 is 40.2 Å². The van der Waals surface area contributed by atoms with E-state index in [1.165, 1.54) is 12.3 Å². The molecule has 1 aliphatic heterocycles. The summed E-state index contributed by atoms with van der Waals surface area (Å²) in [4.78, 5) is 25.1. The molecule has 0 radical (unpaired) electrons. The zero-order chi connectivity index (χ0) is 30.0. The number of nitrogens with one attached hydrogen (secondary N) is 1. The fourth-order valence-electron chi connectivity index (χ4n) is 4.32. The molecule has 1 aliphatic rings. The first kappa shape index (κ1) is 29.2. The van der Waals surface area contributed by atoms with E-state index in [4.69, 9.17) is 9.47 Å². The number of halogens is 4. The predicted molar refractivity (Wildman–Crippen MR) is 144 cm³/mol. The summed E-state index contributed by atoms with van der Waals surface area (Å²) in [6.45, 7) is 0.288. The molecular weight excluding hydrogens is 580 g/mol. The number of rotatable bonds is 8. The number of amides is 1. The average Bonchev–Trinajstić information content (AvgIpc) is 3.10. The van der Waals surface area contributed by atoms with Gasteiger partial charge in [-0.25, -0.2) is 35.9 Å². The van der Waals surface area contributed by atoms with Crippen LogP contribution in [-0.4, -0.2) is 54.7 Å². The Balaban J connectivity index is 1.39. The Morgan fingerprint density at radius 1 is 1.19 bits per heavy atom. The summed E-state index contributed by atoms with van der Waals surface area (Å²) in [6.07, 6.45) is -0.819. The first-order chi connectivity index (χ1) is 20.1. The van der Waals surface area contributed by atoms with Gasteiger partial charge in [0.05, 0.1) is 47.9 Å². The molecule has 0 aliphatic carbocycles. The van der Waals surface area contributed by atoms with Gasteiger partial charge < -0.3 is 14.8 Å². The lowest BCUT2D eigenvalue weighted by atomic mass is 10.1. The molecule has 2 atom stereocenters. The number of alkyl halides is 3. The topological polar surface area (TPSA) is 120 Å². The van der Waals surface area contributed by atoms with Gasteiger partial charge in [0.1, 0.15) is 11.6 Å². The molecule has 220 valence electrons. The average molecular weight is 605 g/mol. The molecule has 4 aromatic rings. The van der Waals surface area contributed by atoms with Crippen LogP contribution in [0.3, 0.4) is 0 Å². The van der Waals surface area contributed by atoms with Crippen molar-refractivity contribution in [3.05, 3.63) is 71.4 Å². The van der Waals surface area contributed by atoms with Crippen molar-refractivity contribution in [3.8, 4) is 22.9 Å². The standard InChI is InChI=1S/C28H24F4N4O5S/c1-2-40-28-18(4-6-22(36-28)20(31)12-29)21-5-3-15-13-33-17(11-23(15)35-21)14-34-27(37)16-9-19(30)26-24(10-16)42(38,39)25(32)7-8-41-26/h3-6,9-11,13,20,25H,2,7-8,12,14H2,1H3,(H,34,37)/t20-,25-/m1/s1. The maximum absolute atomic E-state index is 14.7. The van der Waals surface area contributed by atoms with Crippen LogP contribution in [0.25, 0.3) is 22.2 Å². The van der Waals surface area contributed by atoms with Gasteiger partial charge in [-0.05, 0) is 49.4 Å². The Labute approximate surface area is 237 Å². The number of sulfone groups is 1. The second kappa shape index (κ2) is 11.9. The van der Waals surface area contributed by atoms with Gasteiger partial charge in [-0.2, -0.15) is 0 Å². The number of aromatic nitrogens is 3. The van der Waals surface area contributed by atoms with Crippen molar-refractivity contribution in [2.24, 2.45) is 0 Å². The molecule has 1 N–H and O–H groups in total. The van der Waals surface area contributed by atoms with Gasteiger partial charge in [0.25, 0.3) is 5.91 Å². The predicted octanol–water partition coefficient (Wildman–Crippen LogP) is 4.99. The third-order valence-corrected chi connectivity index (χ3v) is 8.29. The van der Waals surface area contributed by atoms with Gasteiger partial charge in [-0.3, -0.25) is 9.78 Å². The maximum Gasteiger partial charge on any atom is 0.251 e. The van der Waals surface area contributed by atoms with Crippen LogP contribution in [0.15, 0.2) is 53.6 Å². The number of hydrogen-bond donors (Lipinski definition) is 1. The zero-order valence-electron chi connectivity index (χ0n) is 22.1. The minimum Gasteiger partial charge on any atom is -0.489 e. The van der Waals surface area contributed by atoms with E-state index in [0.29, 0.717) is 27.9 Å². The molecule has 1 aromatic carbocycles. The highest BCUT2D eigenvalue weighted by Crippen LogP contribution is 2.35. The molecule has 3 aromatic heterocycles. The van der Waals surface area contributed by atoms with Crippen molar-refractivity contribution in [1.29, 1.82) is 0 Å². The lowest BCUT2D eigenvalue weighted by Crippen LogP contribution is -2.24. The monoisotopic (exact) mass is 604 g/mol. The molecule has 0 saturated carbocycles. The molecule has 0 spiro atoms. The summed E-state index contributed by atoms with van der Waals surface area (Å²) in [6, 6.07) is 9.65. The van der Waals surface area contributed by atoms with Crippen LogP contribution in [0.4, 0.5) is 17.6 Å². The summed E-state index contributed by atoms with van der Waals surface area (Å²) < 4.78 is 91.1. The van der Waals surface area contributed by atoms with E-state index in [1.807, 2.05) is 0 Å². The van der Waals surface area contributed by atoms with E-state index in [0.717, 1.165) is 12.1 Å². The lowest BCUT2D eigenvalue weighted by molar-refractivity contribution is 0.0949. The number of ether oxygens (including phenoxy) is 2. The second-order valence-electron chi connectivity index (χ2n) is 9.27. The molecule has 42 heavy (non-hydrogen) atoms. The SMILES string of the molecule is CCOc1nc([C@H](F)CF)ccc1-c1ccc2cnc(CNC(=O)c3cc(F)c4c(c3)S(=O)(=O)[C@@H](F)CCO4)cc2n1. The Bertz CT molecular complexity index is 1770. The van der Waals surface area contributed by atoms with Crippen LogP contribution in [0.2, 0.25) is 0 Å². The third kappa shape index (κ3) is 5.71. The Morgan fingerprint density at radius 2 is 2.00 bits per heavy atom. The maximum atomic E-state index is 14.7. The molecule has 0 fully saturated rings. The van der Waals surface area contributed by atoms with Crippen molar-refractivity contribution in [3.63, 3.8) is 0 Å². The number of hydrogen-bond acceptors (Lipinski definition) is 8. The van der Waals surface area contributed by atoms with Crippen LogP contribution in [-0.2, 0) is 16.4 Å². The molecule has 0 saturated heterocycles. The lowest BCUT2D eigenvalue weighted by Gasteiger charge is -2.13. The quantitative estimate of drug-likeness (QED) is 0.280. The fraction of sp³-hybridized carbons (Fsp3) is 0.286. The van der Waals surface area contributed by atoms with Crippen LogP contribution in [0.1, 0.15) is 41.3 Å². The Hall–Kier alpha value is -4.33. The minimum atomic E-state index is -4.55. The molecule has 14 heteroatoms. The van der Waals surface area contributed by atoms with Gasteiger partial charge in [0.2, 0.25) is 21.2 Å². The molecule has 4 heterocycles. The fourth-order valence-corrected chi connectivity index (χ4v) is 5.71. The number of fused-ring (bicyclic) bond motifs is 2. The van der Waals surface area contributed by atoms with Crippen molar-refractivity contribution >= 4 is 26.6 Å². The molecule has 0 unspecified atom stereocenters. The number of carbonyl (C=O) groups excluding carboxylic acids is 1. The first-order valence-corrected chi connectivity index (χ1v) is 14.4. The van der Waals surface area contributed by atoms with Crippen LogP contribution >= 0.6 is 0 Å². The number of carbonyl (C=O) groups is 1. The van der Waals surface area contributed by atoms with Gasteiger partial charge in [-0.15, -0.1) is 0 Å². The normalized spacial score (nSPS) is 16.6. The second-order valence-corrected chi connectivity index (χ2v) is 11.3. The van der Waals surface area contributed by atoms with E-state index in [1.54, 1.807) is 31.2 Å². The molecule has 0 bridgehead atoms. The Morgan fingerprint density at radius 3 is 2.76 bits per heavy atom. The van der Waals surface area contributed by atoms with Gasteiger partial charge in [0, 0.05) is 23.6 Å². The first-order valence-electron chi connectivity index (χ1n) is 12.8. The van der Waals surface area contributed by atoms with E-state index < -0.39 is 57.0 Å². The summed E-state index contributed by atoms with van der Waals surface area (Å²) >= 11 is 0. The van der Waals surface area contributed by atoms with E-state index in [2.05, 4.69) is 20.3 Å². The van der Waals surface area contributed by atoms with Gasteiger partial charge >= 0.3 is 0 Å². The van der Waals surface area contributed by atoms with Crippen molar-refractivity contribution in [2.75, 3.05) is 19.9 Å². The van der Waals surface area contributed by atoms with E-state index in [-0.39, 0.29) is 36.9 Å². The minimum absolute atomic E-state index is 0.0963. The van der Waals surface area contributed by atoms with Crippen LogP contribution < -0.4 is 14.8 Å². The molecular formula is C28H24F4N4O5S. The van der Waals surface area contributed by atoms with E-state index in [9.17, 15) is 30.8 Å². The summed E-state index contributed by atoms with van der Waals surface area (Å²) in [7, 11) is -4.55. The molecule has 5 rings (SSSR count). The van der Waals surface area contributed by atoms with Crippen molar-refractivity contribution in [1.82, 2.24) is 20.3 Å². The highest BCUT2D eigenvalue weighted by molar-refractivity contribution is 7.92. The number of pyridine rings is 3. The number of nitrogens with zero attached hydrogens (tertiary/aromatic N) is 3. The van der Waals surface area contributed by atoms with Gasteiger partial charge in [-0.1, -0.05) is 0 Å². The summed E-state index contributed by atoms with van der Waals surface area (Å²) in [5.41, 5.74) is -0.967. The largest absolute Gasteiger partial charge is 0.489 e. The summed E-state index contributed by atoms with van der Waals surface area (Å²) in [5, 5.41) is 3.20. The van der Waals surface area contributed by atoms with Gasteiger partial charge in [0.15, 0.2) is 17.7 Å². The third-order valence-electron chi connectivity index (χ3n) is 6.46. The Kier molecular flexibility index (Phi) is 8.25. The number of benzene rings is 1.